The van der Waals surface area contributed by atoms with Gasteiger partial charge in [-0.05, 0) is 23.6 Å². The van der Waals surface area contributed by atoms with Crippen LogP contribution in [-0.2, 0) is 4.79 Å². The van der Waals surface area contributed by atoms with Gasteiger partial charge >= 0.3 is 0 Å². The lowest BCUT2D eigenvalue weighted by Crippen LogP contribution is -3.11. The molecule has 0 radical (unpaired) electrons. The van der Waals surface area contributed by atoms with Gasteiger partial charge in [-0.15, -0.1) is 11.3 Å². The van der Waals surface area contributed by atoms with E-state index in [2.05, 4.69) is 22.8 Å². The molecule has 1 aliphatic heterocycles. The monoisotopic (exact) mass is 389 g/mol. The average molecular weight is 391 g/mol. The second-order valence-corrected chi connectivity index (χ2v) is 7.82. The molecule has 1 aromatic carbocycles. The molecule has 7 heteroatoms. The number of likely N-dealkylation sites (tertiary alicyclic amines) is 1. The number of carbonyl (C=O) groups excluding carboxylic acids is 1. The van der Waals surface area contributed by atoms with Gasteiger partial charge < -0.3 is 10.2 Å². The summed E-state index contributed by atoms with van der Waals surface area (Å²) in [6.45, 7) is 1.40. The van der Waals surface area contributed by atoms with Crippen molar-refractivity contribution in [3.05, 3.63) is 49.6 Å². The summed E-state index contributed by atoms with van der Waals surface area (Å²) in [5.74, 6) is -0.0884. The van der Waals surface area contributed by atoms with Crippen molar-refractivity contribution in [1.82, 2.24) is 0 Å². The van der Waals surface area contributed by atoms with E-state index in [1.807, 2.05) is 0 Å². The summed E-state index contributed by atoms with van der Waals surface area (Å²) < 4.78 is 0. The lowest BCUT2D eigenvalue weighted by molar-refractivity contribution is -0.910. The number of nitrogens with one attached hydrogen (secondary N) is 2. The topological polar surface area (TPSA) is 33.5 Å². The van der Waals surface area contributed by atoms with Crippen LogP contribution in [0.4, 0.5) is 5.69 Å². The normalized spacial score (nSPS) is 20.7. The zero-order valence-corrected chi connectivity index (χ0v) is 15.3. The molecule has 2 N–H and O–H groups in total. The molecule has 2 aromatic rings. The molecular weight excluding hydrogens is 375 g/mol. The predicted octanol–water partition coefficient (Wildman–Crippen LogP) is 4.07. The quantitative estimate of drug-likeness (QED) is 0.811. The number of hydrogen-bond acceptors (Lipinski definition) is 2. The molecule has 3 nitrogen and oxygen atoms in total. The Balaban J connectivity index is 1.68. The molecule has 23 heavy (non-hydrogen) atoms. The molecule has 1 fully saturated rings. The number of thiophene rings is 1. The van der Waals surface area contributed by atoms with Crippen molar-refractivity contribution in [2.45, 2.75) is 18.9 Å². The van der Waals surface area contributed by atoms with Crippen molar-refractivity contribution in [3.63, 3.8) is 0 Å². The van der Waals surface area contributed by atoms with Crippen molar-refractivity contribution in [3.8, 4) is 0 Å². The molecule has 0 spiro atoms. The highest BCUT2D eigenvalue weighted by atomic mass is 35.5. The van der Waals surface area contributed by atoms with Crippen LogP contribution in [0.25, 0.3) is 0 Å². The molecule has 122 valence electrons. The molecule has 3 rings (SSSR count). The third-order valence-corrected chi connectivity index (χ3v) is 5.83. The van der Waals surface area contributed by atoms with Crippen LogP contribution in [0.1, 0.15) is 23.8 Å². The number of carbonyl (C=O) groups is 1. The molecule has 1 unspecified atom stereocenters. The number of halogens is 3. The third-order valence-electron chi connectivity index (χ3n) is 4.03. The molecule has 2 atom stereocenters. The summed E-state index contributed by atoms with van der Waals surface area (Å²) in [6, 6.07) is 7.75. The van der Waals surface area contributed by atoms with Crippen molar-refractivity contribution in [2.24, 2.45) is 0 Å². The van der Waals surface area contributed by atoms with Gasteiger partial charge in [0, 0.05) is 17.9 Å². The number of quaternary nitrogens is 1. The van der Waals surface area contributed by atoms with Gasteiger partial charge in [0.05, 0.1) is 27.2 Å². The van der Waals surface area contributed by atoms with Gasteiger partial charge in [0.1, 0.15) is 6.04 Å². The van der Waals surface area contributed by atoms with Crippen LogP contribution in [-0.4, -0.2) is 19.0 Å². The van der Waals surface area contributed by atoms with E-state index in [4.69, 9.17) is 34.8 Å². The predicted molar refractivity (Wildman–Crippen MR) is 97.1 cm³/mol. The Morgan fingerprint density at radius 2 is 2.04 bits per heavy atom. The fraction of sp³-hybridized carbons (Fsp3) is 0.312. The van der Waals surface area contributed by atoms with E-state index in [0.717, 1.165) is 19.4 Å². The first-order valence-electron chi connectivity index (χ1n) is 7.37. The van der Waals surface area contributed by atoms with E-state index in [-0.39, 0.29) is 5.91 Å². The molecule has 0 bridgehead atoms. The van der Waals surface area contributed by atoms with Crippen molar-refractivity contribution in [2.75, 3.05) is 18.4 Å². The highest BCUT2D eigenvalue weighted by Crippen LogP contribution is 2.33. The second kappa shape index (κ2) is 7.41. The molecule has 1 saturated heterocycles. The van der Waals surface area contributed by atoms with Gasteiger partial charge in [0.15, 0.2) is 6.54 Å². The van der Waals surface area contributed by atoms with E-state index in [0.29, 0.717) is 33.3 Å². The summed E-state index contributed by atoms with van der Waals surface area (Å²) in [7, 11) is 0. The molecule has 0 saturated carbocycles. The summed E-state index contributed by atoms with van der Waals surface area (Å²) in [4.78, 5) is 15.0. The minimum atomic E-state index is -0.0884. The van der Waals surface area contributed by atoms with E-state index in [1.54, 1.807) is 23.5 Å². The zero-order valence-electron chi connectivity index (χ0n) is 12.2. The molecule has 1 amide bonds. The van der Waals surface area contributed by atoms with Crippen LogP contribution in [0.2, 0.25) is 15.1 Å². The maximum absolute atomic E-state index is 12.4. The lowest BCUT2D eigenvalue weighted by Gasteiger charge is -2.20. The lowest BCUT2D eigenvalue weighted by atomic mass is 10.2. The SMILES string of the molecule is O=C(C[NH+]1CCC[C@@H]1c1cccs1)Nc1c(Cl)cc(Cl)cc1Cl. The van der Waals surface area contributed by atoms with Crippen LogP contribution >= 0.6 is 46.1 Å². The molecule has 1 aliphatic rings. The molecule has 1 aromatic heterocycles. The maximum atomic E-state index is 12.4. The first kappa shape index (κ1) is 17.1. The van der Waals surface area contributed by atoms with E-state index >= 15 is 0 Å². The van der Waals surface area contributed by atoms with Crippen LogP contribution in [0.5, 0.6) is 0 Å². The minimum absolute atomic E-state index is 0.0884. The number of anilines is 1. The van der Waals surface area contributed by atoms with E-state index < -0.39 is 0 Å². The third kappa shape index (κ3) is 4.01. The Kier molecular flexibility index (Phi) is 5.49. The van der Waals surface area contributed by atoms with Crippen LogP contribution in [0.15, 0.2) is 29.6 Å². The largest absolute Gasteiger partial charge is 0.320 e. The standard InChI is InChI=1S/C16H15Cl3N2OS/c17-10-7-11(18)16(12(19)8-10)20-15(22)9-21-5-1-3-13(21)14-4-2-6-23-14/h2,4,6-8,13H,1,3,5,9H2,(H,20,22)/p+1/t13-/m1/s1. The van der Waals surface area contributed by atoms with Crippen molar-refractivity contribution in [1.29, 1.82) is 0 Å². The first-order valence-corrected chi connectivity index (χ1v) is 9.38. The molecule has 2 heterocycles. The number of hydrogen-bond donors (Lipinski definition) is 2. The van der Waals surface area contributed by atoms with Crippen LogP contribution in [0.3, 0.4) is 0 Å². The van der Waals surface area contributed by atoms with Crippen LogP contribution < -0.4 is 10.2 Å². The van der Waals surface area contributed by atoms with Gasteiger partial charge in [-0.3, -0.25) is 4.79 Å². The highest BCUT2D eigenvalue weighted by Gasteiger charge is 2.32. The van der Waals surface area contributed by atoms with Gasteiger partial charge in [0.2, 0.25) is 0 Å². The summed E-state index contributed by atoms with van der Waals surface area (Å²) >= 11 is 19.9. The Morgan fingerprint density at radius 3 is 2.70 bits per heavy atom. The summed E-state index contributed by atoms with van der Waals surface area (Å²) in [6.07, 6.45) is 2.25. The molecular formula is C16H16Cl3N2OS+. The van der Waals surface area contributed by atoms with Crippen LogP contribution in [0, 0.1) is 0 Å². The Hall–Kier alpha value is -0.780. The van der Waals surface area contributed by atoms with E-state index in [1.165, 1.54) is 9.78 Å². The van der Waals surface area contributed by atoms with Gasteiger partial charge in [-0.25, -0.2) is 0 Å². The van der Waals surface area contributed by atoms with E-state index in [9.17, 15) is 4.79 Å². The fourth-order valence-electron chi connectivity index (χ4n) is 3.01. The van der Waals surface area contributed by atoms with Gasteiger partial charge in [0.25, 0.3) is 5.91 Å². The minimum Gasteiger partial charge on any atom is -0.320 e. The summed E-state index contributed by atoms with van der Waals surface area (Å²) in [5.41, 5.74) is 0.425. The van der Waals surface area contributed by atoms with Gasteiger partial charge in [-0.2, -0.15) is 0 Å². The fourth-order valence-corrected chi connectivity index (χ4v) is 4.84. The zero-order chi connectivity index (χ0) is 16.4. The average Bonchev–Trinajstić information content (AvgIpc) is 3.13. The Labute approximate surface area is 154 Å². The summed E-state index contributed by atoms with van der Waals surface area (Å²) in [5, 5.41) is 6.05. The van der Waals surface area contributed by atoms with Gasteiger partial charge in [-0.1, -0.05) is 40.9 Å². The Bertz CT molecular complexity index is 682. The Morgan fingerprint density at radius 1 is 1.30 bits per heavy atom. The second-order valence-electron chi connectivity index (χ2n) is 5.59. The smallest absolute Gasteiger partial charge is 0.279 e. The number of amides is 1. The maximum Gasteiger partial charge on any atom is 0.279 e. The number of benzene rings is 1. The molecule has 0 aliphatic carbocycles. The van der Waals surface area contributed by atoms with Crippen molar-refractivity contribution < 1.29 is 9.69 Å². The number of rotatable bonds is 4. The highest BCUT2D eigenvalue weighted by molar-refractivity contribution is 7.10. The first-order chi connectivity index (χ1) is 11.0. The van der Waals surface area contributed by atoms with Crippen molar-refractivity contribution >= 4 is 57.7 Å².